The van der Waals surface area contributed by atoms with Crippen molar-refractivity contribution in [1.82, 2.24) is 10.2 Å². The van der Waals surface area contributed by atoms with E-state index in [1.807, 2.05) is 19.1 Å². The van der Waals surface area contributed by atoms with Crippen LogP contribution in [0.2, 0.25) is 5.15 Å². The molecule has 0 aliphatic heterocycles. The van der Waals surface area contributed by atoms with Gasteiger partial charge in [0.25, 0.3) is 0 Å². The van der Waals surface area contributed by atoms with Crippen molar-refractivity contribution < 1.29 is 0 Å². The molecule has 0 radical (unpaired) electrons. The van der Waals surface area contributed by atoms with E-state index >= 15 is 0 Å². The summed E-state index contributed by atoms with van der Waals surface area (Å²) in [6.07, 6.45) is 0.686. The van der Waals surface area contributed by atoms with Gasteiger partial charge in [-0.3, -0.25) is 0 Å². The lowest BCUT2D eigenvalue weighted by Gasteiger charge is -2.08. The van der Waals surface area contributed by atoms with Crippen LogP contribution in [0.1, 0.15) is 11.1 Å². The molecule has 0 aliphatic rings. The zero-order valence-electron chi connectivity index (χ0n) is 10.4. The topological polar surface area (TPSA) is 49.6 Å². The zero-order chi connectivity index (χ0) is 13.7. The smallest absolute Gasteiger partial charge is 0.151 e. The van der Waals surface area contributed by atoms with Gasteiger partial charge in [-0.1, -0.05) is 53.2 Å². The van der Waals surface area contributed by atoms with Crippen molar-refractivity contribution in [2.75, 3.05) is 0 Å². The van der Waals surface area contributed by atoms with Crippen LogP contribution in [0.3, 0.4) is 0 Å². The molecule has 1 atom stereocenters. The van der Waals surface area contributed by atoms with Gasteiger partial charge in [0.05, 0.1) is 6.07 Å². The minimum atomic E-state index is -0.182. The van der Waals surface area contributed by atoms with E-state index < -0.39 is 0 Å². The molecule has 0 bridgehead atoms. The van der Waals surface area contributed by atoms with Crippen LogP contribution in [0.15, 0.2) is 41.4 Å². The fourth-order valence-corrected chi connectivity index (χ4v) is 2.52. The van der Waals surface area contributed by atoms with Crippen LogP contribution in [0, 0.1) is 18.3 Å². The minimum Gasteiger partial charge on any atom is -0.197 e. The lowest BCUT2D eigenvalue weighted by molar-refractivity contribution is 0.921. The quantitative estimate of drug-likeness (QED) is 0.806. The highest BCUT2D eigenvalue weighted by molar-refractivity contribution is 8.00. The highest BCUT2D eigenvalue weighted by atomic mass is 35.5. The van der Waals surface area contributed by atoms with Crippen LogP contribution in [-0.2, 0) is 6.42 Å². The second-order valence-electron chi connectivity index (χ2n) is 4.12. The molecule has 1 aromatic heterocycles. The predicted molar refractivity (Wildman–Crippen MR) is 77.2 cm³/mol. The van der Waals surface area contributed by atoms with Crippen LogP contribution in [0.5, 0.6) is 0 Å². The van der Waals surface area contributed by atoms with E-state index in [0.717, 1.165) is 5.56 Å². The van der Waals surface area contributed by atoms with E-state index in [1.54, 1.807) is 12.1 Å². The van der Waals surface area contributed by atoms with E-state index in [9.17, 15) is 5.26 Å². The lowest BCUT2D eigenvalue weighted by atomic mass is 10.1. The summed E-state index contributed by atoms with van der Waals surface area (Å²) >= 11 is 7.08. The Balaban J connectivity index is 2.03. The first-order chi connectivity index (χ1) is 9.17. The van der Waals surface area contributed by atoms with Crippen LogP contribution in [-0.4, -0.2) is 15.4 Å². The summed E-state index contributed by atoms with van der Waals surface area (Å²) in [5, 5.41) is 17.8. The lowest BCUT2D eigenvalue weighted by Crippen LogP contribution is -2.04. The summed E-state index contributed by atoms with van der Waals surface area (Å²) in [6, 6.07) is 13.9. The molecule has 0 saturated carbocycles. The second-order valence-corrected chi connectivity index (χ2v) is 5.73. The van der Waals surface area contributed by atoms with Gasteiger partial charge in [-0.15, -0.1) is 10.2 Å². The second kappa shape index (κ2) is 6.55. The Hall–Kier alpha value is -1.57. The number of hydrogen-bond donors (Lipinski definition) is 0. The highest BCUT2D eigenvalue weighted by Gasteiger charge is 2.11. The molecule has 96 valence electrons. The number of rotatable bonds is 4. The summed E-state index contributed by atoms with van der Waals surface area (Å²) < 4.78 is 0. The maximum Gasteiger partial charge on any atom is 0.151 e. The maximum atomic E-state index is 9.21. The molecule has 0 N–H and O–H groups in total. The first-order valence-electron chi connectivity index (χ1n) is 5.78. The average molecular weight is 290 g/mol. The van der Waals surface area contributed by atoms with Crippen LogP contribution < -0.4 is 0 Å². The van der Waals surface area contributed by atoms with Gasteiger partial charge in [0.1, 0.15) is 10.3 Å². The maximum absolute atomic E-state index is 9.21. The van der Waals surface area contributed by atoms with Gasteiger partial charge in [-0.25, -0.2) is 0 Å². The molecule has 5 heteroatoms. The number of aromatic nitrogens is 2. The van der Waals surface area contributed by atoms with Crippen LogP contribution in [0.25, 0.3) is 0 Å². The zero-order valence-corrected chi connectivity index (χ0v) is 11.9. The molecular formula is C14H12ClN3S. The molecule has 0 aliphatic carbocycles. The van der Waals surface area contributed by atoms with E-state index in [4.69, 9.17) is 11.6 Å². The third kappa shape index (κ3) is 4.23. The number of nitrogens with zero attached hydrogens (tertiary/aromatic N) is 3. The molecule has 0 saturated heterocycles. The number of halogens is 1. The summed E-state index contributed by atoms with van der Waals surface area (Å²) in [7, 11) is 0. The summed E-state index contributed by atoms with van der Waals surface area (Å²) in [4.78, 5) is 0. The van der Waals surface area contributed by atoms with Gasteiger partial charge >= 0.3 is 0 Å². The van der Waals surface area contributed by atoms with E-state index in [0.29, 0.717) is 16.6 Å². The number of nitriles is 1. The summed E-state index contributed by atoms with van der Waals surface area (Å²) in [6.45, 7) is 2.05. The van der Waals surface area contributed by atoms with Gasteiger partial charge in [-0.05, 0) is 31.0 Å². The normalized spacial score (nSPS) is 11.8. The van der Waals surface area contributed by atoms with E-state index in [-0.39, 0.29) is 5.25 Å². The van der Waals surface area contributed by atoms with Crippen molar-refractivity contribution in [3.63, 3.8) is 0 Å². The molecule has 0 amide bonds. The van der Waals surface area contributed by atoms with Crippen molar-refractivity contribution in [3.05, 3.63) is 52.7 Å². The van der Waals surface area contributed by atoms with Crippen molar-refractivity contribution >= 4 is 23.4 Å². The molecule has 2 rings (SSSR count). The molecule has 1 unspecified atom stereocenters. The Morgan fingerprint density at radius 2 is 1.95 bits per heavy atom. The van der Waals surface area contributed by atoms with Gasteiger partial charge in [0, 0.05) is 0 Å². The third-order valence-corrected chi connectivity index (χ3v) is 3.77. The summed E-state index contributed by atoms with van der Waals surface area (Å²) in [5.74, 6) is 0. The molecule has 19 heavy (non-hydrogen) atoms. The van der Waals surface area contributed by atoms with Gasteiger partial charge in [-0.2, -0.15) is 5.26 Å². The fourth-order valence-electron chi connectivity index (χ4n) is 1.56. The Kier molecular flexibility index (Phi) is 4.78. The molecule has 3 nitrogen and oxygen atoms in total. The van der Waals surface area contributed by atoms with Crippen molar-refractivity contribution in [2.24, 2.45) is 0 Å². The Morgan fingerprint density at radius 1 is 1.21 bits per heavy atom. The van der Waals surface area contributed by atoms with Crippen LogP contribution in [0.4, 0.5) is 0 Å². The van der Waals surface area contributed by atoms with E-state index in [2.05, 4.69) is 28.4 Å². The summed E-state index contributed by atoms with van der Waals surface area (Å²) in [5.41, 5.74) is 2.36. The third-order valence-electron chi connectivity index (χ3n) is 2.56. The highest BCUT2D eigenvalue weighted by Crippen LogP contribution is 2.24. The Bertz CT molecular complexity index is 528. The van der Waals surface area contributed by atoms with Gasteiger partial charge < -0.3 is 0 Å². The Morgan fingerprint density at radius 3 is 2.53 bits per heavy atom. The standard InChI is InChI=1S/C14H12ClN3S/c1-10-2-4-11(5-3-10)8-12(9-16)19-14-7-6-13(15)17-18-14/h2-7,12H,8H2,1H3. The molecule has 1 aromatic carbocycles. The SMILES string of the molecule is Cc1ccc(CC(C#N)Sc2ccc(Cl)nn2)cc1. The first-order valence-corrected chi connectivity index (χ1v) is 7.04. The van der Waals surface area contributed by atoms with Crippen molar-refractivity contribution in [1.29, 1.82) is 5.26 Å². The Labute approximate surface area is 121 Å². The van der Waals surface area contributed by atoms with Gasteiger partial charge in [0.15, 0.2) is 5.15 Å². The number of hydrogen-bond acceptors (Lipinski definition) is 4. The predicted octanol–water partition coefficient (Wildman–Crippen LogP) is 3.67. The monoisotopic (exact) mass is 289 g/mol. The molecule has 2 aromatic rings. The average Bonchev–Trinajstić information content (AvgIpc) is 2.43. The van der Waals surface area contributed by atoms with Crippen LogP contribution >= 0.6 is 23.4 Å². The van der Waals surface area contributed by atoms with E-state index in [1.165, 1.54) is 17.3 Å². The fraction of sp³-hybridized carbons (Fsp3) is 0.214. The molecule has 0 spiro atoms. The largest absolute Gasteiger partial charge is 0.197 e. The minimum absolute atomic E-state index is 0.182. The number of benzene rings is 1. The first kappa shape index (κ1) is 13.9. The molecular weight excluding hydrogens is 278 g/mol. The number of aryl methyl sites for hydroxylation is 1. The number of thioether (sulfide) groups is 1. The van der Waals surface area contributed by atoms with Crippen molar-refractivity contribution in [2.45, 2.75) is 23.6 Å². The molecule has 0 fully saturated rings. The van der Waals surface area contributed by atoms with Gasteiger partial charge in [0.2, 0.25) is 0 Å². The molecule has 1 heterocycles. The van der Waals surface area contributed by atoms with Crippen molar-refractivity contribution in [3.8, 4) is 6.07 Å².